The van der Waals surface area contributed by atoms with Crippen molar-refractivity contribution < 1.29 is 27.2 Å². The minimum absolute atomic E-state index is 0.0346. The first-order chi connectivity index (χ1) is 14.3. The lowest BCUT2D eigenvalue weighted by molar-refractivity contribution is -0.196. The van der Waals surface area contributed by atoms with Crippen LogP contribution in [0.25, 0.3) is 0 Å². The van der Waals surface area contributed by atoms with Crippen molar-refractivity contribution in [2.45, 2.75) is 18.4 Å². The Bertz CT molecular complexity index is 1080. The summed E-state index contributed by atoms with van der Waals surface area (Å²) in [5.74, 6) is -2.38. The molecule has 1 aromatic carbocycles. The number of benzene rings is 1. The van der Waals surface area contributed by atoms with Crippen molar-refractivity contribution in [3.8, 4) is 0 Å². The SMILES string of the molecule is O=C(N[C@]1(C(F)(F)F)N=C(c2ccccc2)N(Cc2ccco2)C1=O)c1cccs1. The maximum atomic E-state index is 14.2. The normalized spacial score (nSPS) is 19.1. The van der Waals surface area contributed by atoms with E-state index < -0.39 is 23.7 Å². The molecule has 0 radical (unpaired) electrons. The maximum Gasteiger partial charge on any atom is 0.442 e. The minimum Gasteiger partial charge on any atom is -0.467 e. The van der Waals surface area contributed by atoms with E-state index in [0.717, 1.165) is 16.2 Å². The largest absolute Gasteiger partial charge is 0.467 e. The molecule has 0 spiro atoms. The monoisotopic (exact) mass is 433 g/mol. The standard InChI is InChI=1S/C20H14F3N3O3S/c21-20(22,23)19(25-17(27)15-9-5-11-30-15)18(28)26(12-14-8-4-10-29-14)16(24-19)13-6-2-1-3-7-13/h1-11H,12H2,(H,25,27)/t19-/m1/s1. The molecule has 30 heavy (non-hydrogen) atoms. The third-order valence-corrected chi connectivity index (χ3v) is 5.33. The van der Waals surface area contributed by atoms with Crippen molar-refractivity contribution in [2.75, 3.05) is 0 Å². The fourth-order valence-corrected chi connectivity index (χ4v) is 3.66. The molecule has 1 aliphatic rings. The lowest BCUT2D eigenvalue weighted by atomic mass is 10.1. The van der Waals surface area contributed by atoms with Gasteiger partial charge in [-0.15, -0.1) is 11.3 Å². The first-order valence-corrected chi connectivity index (χ1v) is 9.62. The zero-order valence-corrected chi connectivity index (χ0v) is 16.0. The molecule has 3 heterocycles. The van der Waals surface area contributed by atoms with Crippen LogP contribution in [-0.2, 0) is 11.3 Å². The summed E-state index contributed by atoms with van der Waals surface area (Å²) in [5.41, 5.74) is -3.14. The first-order valence-electron chi connectivity index (χ1n) is 8.74. The lowest BCUT2D eigenvalue weighted by Crippen LogP contribution is -2.63. The molecular formula is C20H14F3N3O3S. The molecular weight excluding hydrogens is 419 g/mol. The number of hydrogen-bond donors (Lipinski definition) is 1. The summed E-state index contributed by atoms with van der Waals surface area (Å²) in [6.07, 6.45) is -3.82. The second-order valence-electron chi connectivity index (χ2n) is 6.41. The van der Waals surface area contributed by atoms with Gasteiger partial charge in [-0.3, -0.25) is 14.5 Å². The first kappa shape index (κ1) is 19.9. The van der Waals surface area contributed by atoms with E-state index in [0.29, 0.717) is 5.56 Å². The Labute approximate surface area is 172 Å². The highest BCUT2D eigenvalue weighted by atomic mass is 32.1. The predicted molar refractivity (Wildman–Crippen MR) is 103 cm³/mol. The fraction of sp³-hybridized carbons (Fsp3) is 0.150. The molecule has 0 bridgehead atoms. The number of furan rings is 1. The van der Waals surface area contributed by atoms with Gasteiger partial charge in [0, 0.05) is 5.56 Å². The third kappa shape index (κ3) is 3.39. The van der Waals surface area contributed by atoms with Crippen LogP contribution in [0.2, 0.25) is 0 Å². The van der Waals surface area contributed by atoms with Crippen LogP contribution in [-0.4, -0.2) is 34.4 Å². The summed E-state index contributed by atoms with van der Waals surface area (Å²) >= 11 is 0.959. The Balaban J connectivity index is 1.81. The number of carbonyl (C=O) groups is 2. The smallest absolute Gasteiger partial charge is 0.442 e. The summed E-state index contributed by atoms with van der Waals surface area (Å²) in [7, 11) is 0. The van der Waals surface area contributed by atoms with Crippen molar-refractivity contribution in [1.29, 1.82) is 0 Å². The van der Waals surface area contributed by atoms with E-state index in [4.69, 9.17) is 4.42 Å². The number of thiophene rings is 1. The van der Waals surface area contributed by atoms with Gasteiger partial charge in [0.25, 0.3) is 11.8 Å². The van der Waals surface area contributed by atoms with Gasteiger partial charge in [-0.1, -0.05) is 36.4 Å². The highest BCUT2D eigenvalue weighted by Gasteiger charge is 2.67. The molecule has 3 aromatic rings. The number of halogens is 3. The Hall–Kier alpha value is -3.40. The molecule has 1 aliphatic heterocycles. The molecule has 4 rings (SSSR count). The van der Waals surface area contributed by atoms with Crippen molar-refractivity contribution in [2.24, 2.45) is 4.99 Å². The Morgan fingerprint density at radius 3 is 2.50 bits per heavy atom. The van der Waals surface area contributed by atoms with Gasteiger partial charge in [0.1, 0.15) is 11.6 Å². The molecule has 0 fully saturated rings. The maximum absolute atomic E-state index is 14.2. The second kappa shape index (κ2) is 7.45. The molecule has 0 unspecified atom stereocenters. The van der Waals surface area contributed by atoms with Crippen LogP contribution in [0.15, 0.2) is 75.7 Å². The number of hydrogen-bond acceptors (Lipinski definition) is 5. The third-order valence-electron chi connectivity index (χ3n) is 4.46. The zero-order valence-electron chi connectivity index (χ0n) is 15.2. The molecule has 0 saturated heterocycles. The highest BCUT2D eigenvalue weighted by molar-refractivity contribution is 7.12. The van der Waals surface area contributed by atoms with Crippen molar-refractivity contribution >= 4 is 29.0 Å². The summed E-state index contributed by atoms with van der Waals surface area (Å²) < 4.78 is 47.9. The van der Waals surface area contributed by atoms with Crippen LogP contribution >= 0.6 is 11.3 Å². The zero-order chi connectivity index (χ0) is 21.4. The fourth-order valence-electron chi connectivity index (χ4n) is 3.04. The highest BCUT2D eigenvalue weighted by Crippen LogP contribution is 2.39. The van der Waals surface area contributed by atoms with Crippen molar-refractivity contribution in [3.63, 3.8) is 0 Å². The van der Waals surface area contributed by atoms with Gasteiger partial charge in [0.05, 0.1) is 17.7 Å². The molecule has 2 amide bonds. The lowest BCUT2D eigenvalue weighted by Gasteiger charge is -2.28. The number of rotatable bonds is 5. The molecule has 154 valence electrons. The van der Waals surface area contributed by atoms with Crippen LogP contribution in [0.4, 0.5) is 13.2 Å². The predicted octanol–water partition coefficient (Wildman–Crippen LogP) is 3.82. The summed E-state index contributed by atoms with van der Waals surface area (Å²) in [6.45, 7) is -0.272. The van der Waals surface area contributed by atoms with E-state index in [-0.39, 0.29) is 23.0 Å². The van der Waals surface area contributed by atoms with Crippen molar-refractivity contribution in [1.82, 2.24) is 10.2 Å². The van der Waals surface area contributed by atoms with Gasteiger partial charge < -0.3 is 9.73 Å². The average molecular weight is 433 g/mol. The molecule has 1 atom stereocenters. The number of carbonyl (C=O) groups excluding carboxylic acids is 2. The van der Waals surface area contributed by atoms with Crippen LogP contribution in [0, 0.1) is 0 Å². The van der Waals surface area contributed by atoms with Gasteiger partial charge in [0.2, 0.25) is 0 Å². The Morgan fingerprint density at radius 2 is 1.90 bits per heavy atom. The van der Waals surface area contributed by atoms with E-state index in [1.807, 2.05) is 5.32 Å². The number of amidine groups is 1. The van der Waals surface area contributed by atoms with Gasteiger partial charge in [0.15, 0.2) is 0 Å². The number of nitrogens with zero attached hydrogens (tertiary/aromatic N) is 2. The Kier molecular flexibility index (Phi) is 4.94. The second-order valence-corrected chi connectivity index (χ2v) is 7.36. The number of aliphatic imine (C=N–C) groups is 1. The van der Waals surface area contributed by atoms with Gasteiger partial charge in [-0.2, -0.15) is 13.2 Å². The molecule has 10 heteroatoms. The average Bonchev–Trinajstić information content (AvgIpc) is 3.46. The van der Waals surface area contributed by atoms with Crippen LogP contribution in [0.5, 0.6) is 0 Å². The Morgan fingerprint density at radius 1 is 1.13 bits per heavy atom. The van der Waals surface area contributed by atoms with E-state index in [1.165, 1.54) is 36.6 Å². The topological polar surface area (TPSA) is 74.9 Å². The minimum atomic E-state index is -5.17. The van der Waals surface area contributed by atoms with Gasteiger partial charge >= 0.3 is 11.8 Å². The van der Waals surface area contributed by atoms with Crippen LogP contribution < -0.4 is 5.32 Å². The van der Waals surface area contributed by atoms with Gasteiger partial charge in [-0.05, 0) is 23.6 Å². The summed E-state index contributed by atoms with van der Waals surface area (Å²) in [5, 5.41) is 3.38. The van der Waals surface area contributed by atoms with E-state index in [2.05, 4.69) is 4.99 Å². The van der Waals surface area contributed by atoms with E-state index >= 15 is 0 Å². The summed E-state index contributed by atoms with van der Waals surface area (Å²) in [4.78, 5) is 30.3. The molecule has 2 aromatic heterocycles. The molecule has 0 saturated carbocycles. The van der Waals surface area contributed by atoms with E-state index in [9.17, 15) is 22.8 Å². The molecule has 1 N–H and O–H groups in total. The molecule has 6 nitrogen and oxygen atoms in total. The van der Waals surface area contributed by atoms with Crippen LogP contribution in [0.3, 0.4) is 0 Å². The summed E-state index contributed by atoms with van der Waals surface area (Å²) in [6, 6.07) is 14.0. The van der Waals surface area contributed by atoms with Gasteiger partial charge in [-0.25, -0.2) is 4.99 Å². The van der Waals surface area contributed by atoms with E-state index in [1.54, 1.807) is 29.6 Å². The number of alkyl halides is 3. The van der Waals surface area contributed by atoms with Crippen molar-refractivity contribution in [3.05, 3.63) is 82.4 Å². The number of amides is 2. The molecule has 0 aliphatic carbocycles. The quantitative estimate of drug-likeness (QED) is 0.665. The number of nitrogens with one attached hydrogen (secondary N) is 1. The van der Waals surface area contributed by atoms with Crippen LogP contribution in [0.1, 0.15) is 21.0 Å².